The van der Waals surface area contributed by atoms with Crippen LogP contribution in [-0.2, 0) is 18.4 Å². The van der Waals surface area contributed by atoms with Crippen LogP contribution >= 0.6 is 27.5 Å². The average Bonchev–Trinajstić information content (AvgIpc) is 2.98. The first-order chi connectivity index (χ1) is 9.75. The predicted molar refractivity (Wildman–Crippen MR) is 89.6 cm³/mol. The quantitative estimate of drug-likeness (QED) is 0.894. The molecule has 0 aliphatic rings. The minimum Gasteiger partial charge on any atom is -0.323 e. The lowest BCUT2D eigenvalue weighted by molar-refractivity contribution is 0.542. The molecule has 0 fully saturated rings. The van der Waals surface area contributed by atoms with Crippen LogP contribution in [0.2, 0.25) is 0 Å². The molecule has 0 amide bonds. The van der Waals surface area contributed by atoms with Crippen LogP contribution in [0.1, 0.15) is 55.7 Å². The summed E-state index contributed by atoms with van der Waals surface area (Å²) in [5.41, 5.74) is 9.52. The van der Waals surface area contributed by atoms with Crippen molar-refractivity contribution in [3.05, 3.63) is 26.4 Å². The van der Waals surface area contributed by atoms with Gasteiger partial charge < -0.3 is 5.73 Å². The fourth-order valence-corrected chi connectivity index (χ4v) is 3.63. The van der Waals surface area contributed by atoms with E-state index in [0.29, 0.717) is 0 Å². The molecule has 0 saturated heterocycles. The Morgan fingerprint density at radius 2 is 2.05 bits per heavy atom. The van der Waals surface area contributed by atoms with Crippen LogP contribution in [0.15, 0.2) is 4.47 Å². The summed E-state index contributed by atoms with van der Waals surface area (Å²) in [4.78, 5) is 1.07. The molecule has 0 aliphatic heterocycles. The van der Waals surface area contributed by atoms with Gasteiger partial charge in [0.15, 0.2) is 0 Å². The van der Waals surface area contributed by atoms with E-state index in [1.807, 2.05) is 11.6 Å². The first-order valence-corrected chi connectivity index (χ1v) is 8.62. The Labute approximate surface area is 138 Å². The molecule has 1 atom stereocenters. The van der Waals surface area contributed by atoms with Crippen LogP contribution < -0.4 is 5.73 Å². The molecule has 2 heterocycles. The van der Waals surface area contributed by atoms with E-state index < -0.39 is 0 Å². The summed E-state index contributed by atoms with van der Waals surface area (Å²) in [6.45, 7) is 11.3. The van der Waals surface area contributed by atoms with Gasteiger partial charge in [0, 0.05) is 24.4 Å². The Kier molecular flexibility index (Phi) is 4.85. The Morgan fingerprint density at radius 1 is 1.38 bits per heavy atom. The van der Waals surface area contributed by atoms with Crippen molar-refractivity contribution in [2.45, 2.75) is 59.0 Å². The lowest BCUT2D eigenvalue weighted by Crippen LogP contribution is -2.21. The fourth-order valence-electron chi connectivity index (χ4n) is 2.33. The summed E-state index contributed by atoms with van der Waals surface area (Å²) in [6.07, 6.45) is 0.724. The van der Waals surface area contributed by atoms with Crippen molar-refractivity contribution in [3.63, 3.8) is 0 Å². The summed E-state index contributed by atoms with van der Waals surface area (Å²) < 4.78 is 7.15. The smallest absolute Gasteiger partial charge is 0.0857 e. The summed E-state index contributed by atoms with van der Waals surface area (Å²) in [5, 5.41) is 8.80. The van der Waals surface area contributed by atoms with Gasteiger partial charge in [0.25, 0.3) is 0 Å². The number of hydrogen-bond acceptors (Lipinski definition) is 5. The SMILES string of the molecule is CCn1nc(C)c(Br)c1CC(N)c1snnc1C(C)(C)C. The van der Waals surface area contributed by atoms with Crippen LogP contribution in [0, 0.1) is 6.92 Å². The number of rotatable bonds is 4. The molecular weight excluding hydrogens is 350 g/mol. The highest BCUT2D eigenvalue weighted by molar-refractivity contribution is 9.10. The maximum atomic E-state index is 6.44. The van der Waals surface area contributed by atoms with Gasteiger partial charge in [-0.25, -0.2) is 0 Å². The van der Waals surface area contributed by atoms with Crippen molar-refractivity contribution in [1.29, 1.82) is 0 Å². The molecule has 0 radical (unpaired) electrons. The zero-order valence-electron chi connectivity index (χ0n) is 13.1. The van der Waals surface area contributed by atoms with Gasteiger partial charge >= 0.3 is 0 Å². The minimum absolute atomic E-state index is 0.0435. The third kappa shape index (κ3) is 3.35. The summed E-state index contributed by atoms with van der Waals surface area (Å²) in [6, 6.07) is -0.114. The van der Waals surface area contributed by atoms with E-state index in [4.69, 9.17) is 5.73 Å². The van der Waals surface area contributed by atoms with Crippen molar-refractivity contribution in [2.24, 2.45) is 5.73 Å². The molecule has 116 valence electrons. The van der Waals surface area contributed by atoms with E-state index in [1.54, 1.807) is 0 Å². The molecule has 21 heavy (non-hydrogen) atoms. The second-order valence-electron chi connectivity index (χ2n) is 6.21. The highest BCUT2D eigenvalue weighted by Crippen LogP contribution is 2.32. The lowest BCUT2D eigenvalue weighted by atomic mass is 9.89. The van der Waals surface area contributed by atoms with Gasteiger partial charge in [-0.05, 0) is 41.3 Å². The Hall–Kier alpha value is -0.790. The maximum Gasteiger partial charge on any atom is 0.0857 e. The largest absolute Gasteiger partial charge is 0.323 e. The predicted octanol–water partition coefficient (Wildman–Crippen LogP) is 3.37. The van der Waals surface area contributed by atoms with Gasteiger partial charge in [-0.2, -0.15) is 5.10 Å². The van der Waals surface area contributed by atoms with Crippen molar-refractivity contribution >= 4 is 27.5 Å². The zero-order valence-corrected chi connectivity index (χ0v) is 15.5. The van der Waals surface area contributed by atoms with Crippen molar-refractivity contribution in [2.75, 3.05) is 0 Å². The first-order valence-electron chi connectivity index (χ1n) is 7.05. The molecule has 5 nitrogen and oxygen atoms in total. The van der Waals surface area contributed by atoms with E-state index >= 15 is 0 Å². The van der Waals surface area contributed by atoms with Gasteiger partial charge in [-0.1, -0.05) is 25.3 Å². The van der Waals surface area contributed by atoms with E-state index in [2.05, 4.69) is 58.3 Å². The molecule has 1 unspecified atom stereocenters. The number of nitrogens with zero attached hydrogens (tertiary/aromatic N) is 4. The average molecular weight is 372 g/mol. The summed E-state index contributed by atoms with van der Waals surface area (Å²) >= 11 is 5.02. The lowest BCUT2D eigenvalue weighted by Gasteiger charge is -2.19. The van der Waals surface area contributed by atoms with Crippen LogP contribution in [0.25, 0.3) is 0 Å². The van der Waals surface area contributed by atoms with E-state index in [-0.39, 0.29) is 11.5 Å². The van der Waals surface area contributed by atoms with Gasteiger partial charge in [0.2, 0.25) is 0 Å². The molecule has 0 aromatic carbocycles. The van der Waals surface area contributed by atoms with Crippen molar-refractivity contribution in [1.82, 2.24) is 19.4 Å². The van der Waals surface area contributed by atoms with Crippen LogP contribution in [0.3, 0.4) is 0 Å². The molecule has 2 aromatic heterocycles. The monoisotopic (exact) mass is 371 g/mol. The topological polar surface area (TPSA) is 69.6 Å². The van der Waals surface area contributed by atoms with Crippen molar-refractivity contribution in [3.8, 4) is 0 Å². The standard InChI is InChI=1S/C14H22BrN5S/c1-6-20-10(11(15)8(2)18-20)7-9(16)12-13(14(3,4)5)17-19-21-12/h9H,6-7,16H2,1-5H3. The number of aromatic nitrogens is 4. The normalized spacial score (nSPS) is 13.7. The van der Waals surface area contributed by atoms with Gasteiger partial charge in [0.1, 0.15) is 0 Å². The molecule has 7 heteroatoms. The zero-order chi connectivity index (χ0) is 15.8. The third-order valence-corrected chi connectivity index (χ3v) is 5.31. The minimum atomic E-state index is -0.114. The Bertz CT molecular complexity index is 626. The molecule has 0 bridgehead atoms. The molecule has 0 spiro atoms. The molecule has 0 saturated carbocycles. The molecule has 0 aliphatic carbocycles. The van der Waals surface area contributed by atoms with Crippen molar-refractivity contribution < 1.29 is 0 Å². The molecule has 2 rings (SSSR count). The molecule has 2 N–H and O–H groups in total. The third-order valence-electron chi connectivity index (χ3n) is 3.43. The highest BCUT2D eigenvalue weighted by atomic mass is 79.9. The highest BCUT2D eigenvalue weighted by Gasteiger charge is 2.27. The van der Waals surface area contributed by atoms with Gasteiger partial charge in [-0.3, -0.25) is 4.68 Å². The summed E-state index contributed by atoms with van der Waals surface area (Å²) in [7, 11) is 0. The van der Waals surface area contributed by atoms with Crippen LogP contribution in [0.4, 0.5) is 0 Å². The summed E-state index contributed by atoms with van der Waals surface area (Å²) in [5.74, 6) is 0. The first kappa shape index (κ1) is 16.6. The van der Waals surface area contributed by atoms with E-state index in [9.17, 15) is 0 Å². The molecule has 2 aromatic rings. The van der Waals surface area contributed by atoms with Crippen LogP contribution in [0.5, 0.6) is 0 Å². The van der Waals surface area contributed by atoms with E-state index in [1.165, 1.54) is 11.5 Å². The molecular formula is C14H22BrN5S. The van der Waals surface area contributed by atoms with E-state index in [0.717, 1.165) is 39.4 Å². The maximum absolute atomic E-state index is 6.44. The number of nitrogens with two attached hydrogens (primary N) is 1. The number of halogens is 1. The second-order valence-corrected chi connectivity index (χ2v) is 7.79. The van der Waals surface area contributed by atoms with Gasteiger partial charge in [0.05, 0.1) is 26.4 Å². The fraction of sp³-hybridized carbons (Fsp3) is 0.643. The Morgan fingerprint density at radius 3 is 2.62 bits per heavy atom. The second kappa shape index (κ2) is 6.14. The van der Waals surface area contributed by atoms with Crippen LogP contribution in [-0.4, -0.2) is 19.4 Å². The Balaban J connectivity index is 2.31. The number of hydrogen-bond donors (Lipinski definition) is 1. The van der Waals surface area contributed by atoms with Gasteiger partial charge in [-0.15, -0.1) is 5.10 Å². The number of aryl methyl sites for hydroxylation is 2.